The molecule has 0 bridgehead atoms. The average Bonchev–Trinajstić information content (AvgIpc) is 3.78. The highest BCUT2D eigenvalue weighted by Gasteiger charge is 2.21. The molecular weight excluding hydrogens is 639 g/mol. The van der Waals surface area contributed by atoms with Gasteiger partial charge in [0.25, 0.3) is 0 Å². The van der Waals surface area contributed by atoms with Crippen molar-refractivity contribution in [1.82, 2.24) is 0 Å². The molecule has 2 heterocycles. The predicted octanol–water partition coefficient (Wildman–Crippen LogP) is 14.4. The predicted molar refractivity (Wildman–Crippen MR) is 218 cm³/mol. The van der Waals surface area contributed by atoms with Crippen molar-refractivity contribution in [1.29, 1.82) is 0 Å². The first kappa shape index (κ1) is 29.5. The zero-order valence-corrected chi connectivity index (χ0v) is 28.5. The Labute approximate surface area is 300 Å². The lowest BCUT2D eigenvalue weighted by Crippen LogP contribution is -2.10. The molecule has 2 nitrogen and oxygen atoms in total. The van der Waals surface area contributed by atoms with Crippen molar-refractivity contribution in [2.24, 2.45) is 0 Å². The summed E-state index contributed by atoms with van der Waals surface area (Å²) in [7, 11) is 0. The first-order chi connectivity index (χ1) is 25.3. The molecular formula is C48H31NOS. The normalized spacial score (nSPS) is 11.5. The Kier molecular flexibility index (Phi) is 7.04. The minimum Gasteiger partial charge on any atom is -0.455 e. The fraction of sp³-hybridized carbons (Fsp3) is 0. The molecule has 2 aromatic heterocycles. The second-order valence-corrected chi connectivity index (χ2v) is 14.0. The average molecular weight is 670 g/mol. The number of hydrogen-bond acceptors (Lipinski definition) is 3. The van der Waals surface area contributed by atoms with Gasteiger partial charge in [-0.1, -0.05) is 140 Å². The Morgan fingerprint density at radius 1 is 0.392 bits per heavy atom. The quantitative estimate of drug-likeness (QED) is 0.175. The van der Waals surface area contributed by atoms with Crippen molar-refractivity contribution in [3.05, 3.63) is 188 Å². The molecule has 0 aliphatic rings. The molecule has 3 heteroatoms. The number of thiophene rings is 1. The van der Waals surface area contributed by atoms with Crippen LogP contribution in [0.25, 0.3) is 75.5 Å². The second-order valence-electron chi connectivity index (χ2n) is 12.9. The zero-order chi connectivity index (χ0) is 33.7. The summed E-state index contributed by atoms with van der Waals surface area (Å²) in [4.78, 5) is 2.42. The van der Waals surface area contributed by atoms with Crippen LogP contribution in [0.15, 0.2) is 192 Å². The standard InChI is InChI=1S/C48H31NOS/c1-3-13-32(14-4-1)37-30-29-36(31-42(37)33-15-5-2-6-16-33)49(43-21-12-24-46-47(43)41-18-8-10-23-45(41)51-46)35-27-25-34(26-28-35)38-19-11-20-40-39-17-7-9-22-44(39)50-48(38)40/h1-31H. The number of nitrogens with zero attached hydrogens (tertiary/aromatic N) is 1. The minimum absolute atomic E-state index is 0.909. The SMILES string of the molecule is c1ccc(-c2ccc(N(c3ccc(-c4cccc5c4oc4ccccc45)cc3)c3cccc4sc5ccccc5c34)cc2-c2ccccc2)cc1. The third-order valence-corrected chi connectivity index (χ3v) is 11.0. The molecule has 0 atom stereocenters. The van der Waals surface area contributed by atoms with E-state index >= 15 is 0 Å². The summed E-state index contributed by atoms with van der Waals surface area (Å²) in [5.74, 6) is 0. The molecule has 8 aromatic carbocycles. The van der Waals surface area contributed by atoms with Gasteiger partial charge >= 0.3 is 0 Å². The molecule has 10 rings (SSSR count). The number of benzene rings is 8. The van der Waals surface area contributed by atoms with Crippen LogP contribution >= 0.6 is 11.3 Å². The highest BCUT2D eigenvalue weighted by Crippen LogP contribution is 2.47. The molecule has 0 saturated carbocycles. The summed E-state index contributed by atoms with van der Waals surface area (Å²) in [6.07, 6.45) is 0. The highest BCUT2D eigenvalue weighted by atomic mass is 32.1. The molecule has 0 aliphatic heterocycles. The van der Waals surface area contributed by atoms with Gasteiger partial charge in [0, 0.05) is 47.9 Å². The van der Waals surface area contributed by atoms with Crippen molar-refractivity contribution >= 4 is 70.5 Å². The topological polar surface area (TPSA) is 16.4 Å². The lowest BCUT2D eigenvalue weighted by atomic mass is 9.93. The van der Waals surface area contributed by atoms with E-state index < -0.39 is 0 Å². The summed E-state index contributed by atoms with van der Waals surface area (Å²) in [6.45, 7) is 0. The molecule has 0 radical (unpaired) electrons. The van der Waals surface area contributed by atoms with Crippen molar-refractivity contribution in [3.8, 4) is 33.4 Å². The van der Waals surface area contributed by atoms with Gasteiger partial charge in [0.05, 0.1) is 5.69 Å². The van der Waals surface area contributed by atoms with E-state index in [1.165, 1.54) is 42.4 Å². The van der Waals surface area contributed by atoms with Crippen LogP contribution in [0.3, 0.4) is 0 Å². The van der Waals surface area contributed by atoms with Crippen LogP contribution in [-0.2, 0) is 0 Å². The van der Waals surface area contributed by atoms with E-state index in [0.29, 0.717) is 0 Å². The fourth-order valence-electron chi connectivity index (χ4n) is 7.53. The van der Waals surface area contributed by atoms with Gasteiger partial charge in [-0.15, -0.1) is 11.3 Å². The lowest BCUT2D eigenvalue weighted by molar-refractivity contribution is 0.670. The monoisotopic (exact) mass is 669 g/mol. The summed E-state index contributed by atoms with van der Waals surface area (Å²) >= 11 is 1.85. The van der Waals surface area contributed by atoms with E-state index in [9.17, 15) is 0 Å². The molecule has 51 heavy (non-hydrogen) atoms. The number of furan rings is 1. The zero-order valence-electron chi connectivity index (χ0n) is 27.7. The van der Waals surface area contributed by atoms with Crippen LogP contribution in [-0.4, -0.2) is 0 Å². The maximum Gasteiger partial charge on any atom is 0.143 e. The maximum absolute atomic E-state index is 6.43. The summed E-state index contributed by atoms with van der Waals surface area (Å²) < 4.78 is 8.99. The molecule has 0 aliphatic carbocycles. The first-order valence-corrected chi connectivity index (χ1v) is 18.1. The van der Waals surface area contributed by atoms with Crippen molar-refractivity contribution in [2.75, 3.05) is 4.90 Å². The van der Waals surface area contributed by atoms with Gasteiger partial charge in [-0.25, -0.2) is 0 Å². The molecule has 0 saturated heterocycles. The molecule has 10 aromatic rings. The molecule has 0 unspecified atom stereocenters. The summed E-state index contributed by atoms with van der Waals surface area (Å²) in [5.41, 5.74) is 12.2. The second kappa shape index (κ2) is 12.2. The molecule has 0 fully saturated rings. The van der Waals surface area contributed by atoms with E-state index in [2.05, 4.69) is 181 Å². The van der Waals surface area contributed by atoms with Crippen molar-refractivity contribution in [3.63, 3.8) is 0 Å². The van der Waals surface area contributed by atoms with E-state index in [-0.39, 0.29) is 0 Å². The van der Waals surface area contributed by atoms with Crippen LogP contribution in [0.5, 0.6) is 0 Å². The third-order valence-electron chi connectivity index (χ3n) is 9.89. The minimum atomic E-state index is 0.909. The molecule has 0 amide bonds. The maximum atomic E-state index is 6.43. The third kappa shape index (κ3) is 5.01. The molecule has 240 valence electrons. The van der Waals surface area contributed by atoms with E-state index in [4.69, 9.17) is 4.42 Å². The van der Waals surface area contributed by atoms with Gasteiger partial charge in [0.2, 0.25) is 0 Å². The number of hydrogen-bond donors (Lipinski definition) is 0. The Bertz CT molecular complexity index is 2850. The van der Waals surface area contributed by atoms with Gasteiger partial charge in [0.1, 0.15) is 11.2 Å². The Morgan fingerprint density at radius 3 is 1.80 bits per heavy atom. The smallest absolute Gasteiger partial charge is 0.143 e. The Balaban J connectivity index is 1.18. The number of fused-ring (bicyclic) bond motifs is 6. The van der Waals surface area contributed by atoms with Crippen molar-refractivity contribution in [2.45, 2.75) is 0 Å². The van der Waals surface area contributed by atoms with E-state index in [0.717, 1.165) is 50.1 Å². The number of para-hydroxylation sites is 2. The van der Waals surface area contributed by atoms with E-state index in [1.54, 1.807) is 0 Å². The van der Waals surface area contributed by atoms with Crippen LogP contribution in [0.2, 0.25) is 0 Å². The van der Waals surface area contributed by atoms with Gasteiger partial charge in [-0.3, -0.25) is 0 Å². The largest absolute Gasteiger partial charge is 0.455 e. The van der Waals surface area contributed by atoms with Crippen LogP contribution in [0, 0.1) is 0 Å². The Hall–Kier alpha value is -6.42. The van der Waals surface area contributed by atoms with Crippen LogP contribution < -0.4 is 4.90 Å². The fourth-order valence-corrected chi connectivity index (χ4v) is 8.66. The van der Waals surface area contributed by atoms with Gasteiger partial charge in [-0.05, 0) is 76.3 Å². The summed E-state index contributed by atoms with van der Waals surface area (Å²) in [5, 5.41) is 4.82. The van der Waals surface area contributed by atoms with Gasteiger partial charge in [-0.2, -0.15) is 0 Å². The van der Waals surface area contributed by atoms with Crippen LogP contribution in [0.1, 0.15) is 0 Å². The Morgan fingerprint density at radius 2 is 1.00 bits per heavy atom. The first-order valence-electron chi connectivity index (χ1n) is 17.3. The van der Waals surface area contributed by atoms with Crippen LogP contribution in [0.4, 0.5) is 17.1 Å². The van der Waals surface area contributed by atoms with Gasteiger partial charge < -0.3 is 9.32 Å². The lowest BCUT2D eigenvalue weighted by Gasteiger charge is -2.28. The number of rotatable bonds is 6. The van der Waals surface area contributed by atoms with E-state index in [1.807, 2.05) is 23.5 Å². The highest BCUT2D eigenvalue weighted by molar-refractivity contribution is 7.26. The molecule has 0 N–H and O–H groups in total. The van der Waals surface area contributed by atoms with Crippen molar-refractivity contribution < 1.29 is 4.42 Å². The van der Waals surface area contributed by atoms with Gasteiger partial charge in [0.15, 0.2) is 0 Å². The molecule has 0 spiro atoms. The summed E-state index contributed by atoms with van der Waals surface area (Å²) in [6, 6.07) is 67.4. The number of anilines is 3.